The van der Waals surface area contributed by atoms with E-state index in [1.54, 1.807) is 11.0 Å². The van der Waals surface area contributed by atoms with Crippen molar-refractivity contribution in [2.75, 3.05) is 31.2 Å². The third-order valence-corrected chi connectivity index (χ3v) is 8.11. The Morgan fingerprint density at radius 3 is 2.81 bits per heavy atom. The first-order valence-corrected chi connectivity index (χ1v) is 12.2. The van der Waals surface area contributed by atoms with E-state index in [1.807, 2.05) is 6.92 Å². The van der Waals surface area contributed by atoms with Crippen molar-refractivity contribution in [3.63, 3.8) is 0 Å². The molecule has 0 spiro atoms. The summed E-state index contributed by atoms with van der Waals surface area (Å²) in [5, 5.41) is 0. The minimum Gasteiger partial charge on any atom is -0.375 e. The van der Waals surface area contributed by atoms with Gasteiger partial charge in [0, 0.05) is 24.7 Å². The largest absolute Gasteiger partial charge is 0.375 e. The van der Waals surface area contributed by atoms with Gasteiger partial charge in [0.1, 0.15) is 0 Å². The van der Waals surface area contributed by atoms with Crippen molar-refractivity contribution in [2.24, 2.45) is 0 Å². The summed E-state index contributed by atoms with van der Waals surface area (Å²) in [6, 6.07) is 5.20. The monoisotopic (exact) mass is 416 g/mol. The van der Waals surface area contributed by atoms with Crippen LogP contribution in [0.25, 0.3) is 0 Å². The van der Waals surface area contributed by atoms with Gasteiger partial charge in [-0.2, -0.15) is 0 Å². The second kappa shape index (κ2) is 7.86. The first-order chi connectivity index (χ1) is 12.7. The van der Waals surface area contributed by atoms with Crippen molar-refractivity contribution < 1.29 is 26.4 Å². The van der Waals surface area contributed by atoms with E-state index in [0.717, 1.165) is 6.42 Å². The van der Waals surface area contributed by atoms with Crippen LogP contribution in [0.15, 0.2) is 29.2 Å². The van der Waals surface area contributed by atoms with Gasteiger partial charge in [-0.05, 0) is 31.0 Å². The summed E-state index contributed by atoms with van der Waals surface area (Å²) >= 11 is 0. The molecule has 0 bridgehead atoms. The molecule has 2 aliphatic heterocycles. The van der Waals surface area contributed by atoms with Crippen LogP contribution in [-0.2, 0) is 24.6 Å². The van der Waals surface area contributed by atoms with Crippen molar-refractivity contribution >= 4 is 25.8 Å². The van der Waals surface area contributed by atoms with Gasteiger partial charge in [-0.1, -0.05) is 13.0 Å². The molecule has 2 aliphatic rings. The van der Waals surface area contributed by atoms with Crippen LogP contribution >= 0.6 is 0 Å². The van der Waals surface area contributed by atoms with Crippen LogP contribution < -0.4 is 4.72 Å². The third kappa shape index (κ3) is 4.87. The molecule has 8 nitrogen and oxygen atoms in total. The second-order valence-corrected chi connectivity index (χ2v) is 10.8. The maximum atomic E-state index is 12.7. The number of amides is 1. The molecule has 2 heterocycles. The van der Waals surface area contributed by atoms with E-state index < -0.39 is 25.9 Å². The maximum Gasteiger partial charge on any atom is 0.254 e. The molecule has 150 valence electrons. The van der Waals surface area contributed by atoms with E-state index in [-0.39, 0.29) is 40.4 Å². The van der Waals surface area contributed by atoms with E-state index in [9.17, 15) is 21.6 Å². The summed E-state index contributed by atoms with van der Waals surface area (Å²) < 4.78 is 56.3. The standard InChI is InChI=1S/C17H24N2O6S2/c1-2-15-11-19(7-8-25-15)17(20)13-4-3-5-16(10-13)27(23,24)18-14-6-9-26(21,22)12-14/h3-5,10,14-15,18H,2,6-9,11-12H2,1H3. The zero-order valence-corrected chi connectivity index (χ0v) is 16.8. The van der Waals surface area contributed by atoms with Crippen LogP contribution in [0.3, 0.4) is 0 Å². The molecule has 3 rings (SSSR count). The molecule has 10 heteroatoms. The average Bonchev–Trinajstić information content (AvgIpc) is 2.99. The lowest BCUT2D eigenvalue weighted by Crippen LogP contribution is -2.45. The molecular formula is C17H24N2O6S2. The van der Waals surface area contributed by atoms with E-state index in [2.05, 4.69) is 4.72 Å². The smallest absolute Gasteiger partial charge is 0.254 e. The van der Waals surface area contributed by atoms with Crippen molar-refractivity contribution in [2.45, 2.75) is 36.8 Å². The molecule has 2 atom stereocenters. The van der Waals surface area contributed by atoms with E-state index in [1.165, 1.54) is 18.2 Å². The number of morpholine rings is 1. The van der Waals surface area contributed by atoms with Gasteiger partial charge in [0.2, 0.25) is 10.0 Å². The summed E-state index contributed by atoms with van der Waals surface area (Å²) in [7, 11) is -7.10. The molecule has 1 aromatic rings. The molecule has 0 saturated carbocycles. The Balaban J connectivity index is 1.75. The highest BCUT2D eigenvalue weighted by molar-refractivity contribution is 7.92. The highest BCUT2D eigenvalue weighted by atomic mass is 32.2. The first-order valence-electron chi connectivity index (χ1n) is 8.94. The van der Waals surface area contributed by atoms with Crippen LogP contribution in [0.5, 0.6) is 0 Å². The minimum atomic E-state index is -3.91. The molecule has 27 heavy (non-hydrogen) atoms. The van der Waals surface area contributed by atoms with Crippen molar-refractivity contribution in [1.29, 1.82) is 0 Å². The summed E-state index contributed by atoms with van der Waals surface area (Å²) in [6.45, 7) is 3.38. The predicted octanol–water partition coefficient (Wildman–Crippen LogP) is 0.403. The number of carbonyl (C=O) groups excluding carboxylic acids is 1. The lowest BCUT2D eigenvalue weighted by Gasteiger charge is -2.32. The molecule has 2 unspecified atom stereocenters. The fraction of sp³-hybridized carbons (Fsp3) is 0.588. The number of rotatable bonds is 5. The Bertz CT molecular complexity index is 913. The second-order valence-electron chi connectivity index (χ2n) is 6.90. The number of ether oxygens (including phenoxy) is 1. The predicted molar refractivity (Wildman–Crippen MR) is 99.8 cm³/mol. The molecule has 1 aromatic carbocycles. The number of sulfone groups is 1. The Kier molecular flexibility index (Phi) is 5.90. The van der Waals surface area contributed by atoms with Gasteiger partial charge in [0.25, 0.3) is 5.91 Å². The van der Waals surface area contributed by atoms with Crippen LogP contribution in [0.1, 0.15) is 30.1 Å². The summed E-state index contributed by atoms with van der Waals surface area (Å²) in [5.41, 5.74) is 0.286. The van der Waals surface area contributed by atoms with Crippen molar-refractivity contribution in [1.82, 2.24) is 9.62 Å². The zero-order valence-electron chi connectivity index (χ0n) is 15.1. The van der Waals surface area contributed by atoms with Crippen LogP contribution in [0.4, 0.5) is 0 Å². The van der Waals surface area contributed by atoms with Gasteiger partial charge in [0.15, 0.2) is 9.84 Å². The first kappa shape index (κ1) is 20.2. The van der Waals surface area contributed by atoms with Gasteiger partial charge >= 0.3 is 0 Å². The summed E-state index contributed by atoms with van der Waals surface area (Å²) in [6.07, 6.45) is 1.04. The lowest BCUT2D eigenvalue weighted by atomic mass is 10.1. The zero-order chi connectivity index (χ0) is 19.7. The molecule has 0 aromatic heterocycles. The number of nitrogens with zero attached hydrogens (tertiary/aromatic N) is 1. The molecule has 0 radical (unpaired) electrons. The SMILES string of the molecule is CCC1CN(C(=O)c2cccc(S(=O)(=O)NC3CCS(=O)(=O)C3)c2)CCO1. The number of sulfonamides is 1. The van der Waals surface area contributed by atoms with Crippen LogP contribution in [0, 0.1) is 0 Å². The third-order valence-electron chi connectivity index (χ3n) is 4.83. The van der Waals surface area contributed by atoms with Gasteiger partial charge in [-0.25, -0.2) is 21.6 Å². The number of hydrogen-bond donors (Lipinski definition) is 1. The number of hydrogen-bond acceptors (Lipinski definition) is 6. The van der Waals surface area contributed by atoms with Gasteiger partial charge < -0.3 is 9.64 Å². The highest BCUT2D eigenvalue weighted by Gasteiger charge is 2.32. The molecule has 2 saturated heterocycles. The topological polar surface area (TPSA) is 110 Å². The maximum absolute atomic E-state index is 12.7. The van der Waals surface area contributed by atoms with Gasteiger partial charge in [-0.15, -0.1) is 0 Å². The molecular weight excluding hydrogens is 392 g/mol. The highest BCUT2D eigenvalue weighted by Crippen LogP contribution is 2.19. The number of nitrogens with one attached hydrogen (secondary N) is 1. The quantitative estimate of drug-likeness (QED) is 0.744. The van der Waals surface area contributed by atoms with E-state index >= 15 is 0 Å². The van der Waals surface area contributed by atoms with Gasteiger partial charge in [0.05, 0.1) is 29.1 Å². The minimum absolute atomic E-state index is 0.0133. The van der Waals surface area contributed by atoms with Crippen LogP contribution in [-0.4, -0.2) is 71.0 Å². The molecule has 2 fully saturated rings. The molecule has 1 N–H and O–H groups in total. The Hall–Kier alpha value is -1.49. The van der Waals surface area contributed by atoms with Gasteiger partial charge in [-0.3, -0.25) is 4.79 Å². The fourth-order valence-corrected chi connectivity index (χ4v) is 6.40. The number of carbonyl (C=O) groups is 1. The fourth-order valence-electron chi connectivity index (χ4n) is 3.31. The molecule has 1 amide bonds. The Morgan fingerprint density at radius 2 is 2.15 bits per heavy atom. The lowest BCUT2D eigenvalue weighted by molar-refractivity contribution is -0.0226. The average molecular weight is 417 g/mol. The number of benzene rings is 1. The Morgan fingerprint density at radius 1 is 1.37 bits per heavy atom. The van der Waals surface area contributed by atoms with Crippen molar-refractivity contribution in [3.8, 4) is 0 Å². The van der Waals surface area contributed by atoms with E-state index in [0.29, 0.717) is 19.7 Å². The summed E-state index contributed by atoms with van der Waals surface area (Å²) in [4.78, 5) is 14.4. The van der Waals surface area contributed by atoms with Crippen molar-refractivity contribution in [3.05, 3.63) is 29.8 Å². The molecule has 0 aliphatic carbocycles. The summed E-state index contributed by atoms with van der Waals surface area (Å²) in [5.74, 6) is -0.456. The van der Waals surface area contributed by atoms with Crippen LogP contribution in [0.2, 0.25) is 0 Å². The Labute approximate surface area is 159 Å². The van der Waals surface area contributed by atoms with E-state index in [4.69, 9.17) is 4.74 Å². The normalized spacial score (nSPS) is 25.4.